The Morgan fingerprint density at radius 1 is 1.04 bits per heavy atom. The molecule has 0 saturated heterocycles. The Bertz CT molecular complexity index is 720. The monoisotopic (exact) mass is 348 g/mol. The number of phenols is 2. The first-order chi connectivity index (χ1) is 11.8. The van der Waals surface area contributed by atoms with E-state index in [0.717, 1.165) is 12.1 Å². The molecule has 1 aromatic carbocycles. The van der Waals surface area contributed by atoms with E-state index in [1.807, 2.05) is 0 Å². The molecule has 25 heavy (non-hydrogen) atoms. The molecular formula is C18H20O7. The fraction of sp³-hybridized carbons (Fsp3) is 0.333. The third kappa shape index (κ3) is 4.68. The molecule has 2 rings (SSSR count). The summed E-state index contributed by atoms with van der Waals surface area (Å²) in [6.07, 6.45) is 2.05. The lowest BCUT2D eigenvalue weighted by molar-refractivity contribution is -0.127. The maximum absolute atomic E-state index is 12.3. The number of carbonyl (C=O) groups is 2. The van der Waals surface area contributed by atoms with Crippen molar-refractivity contribution < 1.29 is 34.8 Å². The SMILES string of the molecule is CC1C/C=C\C(=O)[C@H](O)[C@H](O)C/C=C/c2cc(O)cc(O)c2C(=O)O1. The molecule has 134 valence electrons. The predicted octanol–water partition coefficient (Wildman–Crippen LogP) is 1.30. The molecule has 1 aliphatic rings. The van der Waals surface area contributed by atoms with E-state index in [2.05, 4.69) is 0 Å². The van der Waals surface area contributed by atoms with Gasteiger partial charge in [0.2, 0.25) is 0 Å². The van der Waals surface area contributed by atoms with Crippen LogP contribution in [0.3, 0.4) is 0 Å². The van der Waals surface area contributed by atoms with Crippen molar-refractivity contribution in [2.45, 2.75) is 38.1 Å². The van der Waals surface area contributed by atoms with E-state index in [0.29, 0.717) is 0 Å². The number of esters is 1. The van der Waals surface area contributed by atoms with Gasteiger partial charge in [0.25, 0.3) is 0 Å². The first kappa shape index (κ1) is 18.7. The summed E-state index contributed by atoms with van der Waals surface area (Å²) in [6.45, 7) is 1.61. The van der Waals surface area contributed by atoms with Crippen LogP contribution in [-0.4, -0.2) is 50.5 Å². The minimum Gasteiger partial charge on any atom is -0.508 e. The normalized spacial score (nSPS) is 27.7. The van der Waals surface area contributed by atoms with E-state index < -0.39 is 35.8 Å². The van der Waals surface area contributed by atoms with Crippen molar-refractivity contribution in [1.82, 2.24) is 0 Å². The Hall–Kier alpha value is -2.64. The summed E-state index contributed by atoms with van der Waals surface area (Å²) in [7, 11) is 0. The Morgan fingerprint density at radius 2 is 1.72 bits per heavy atom. The van der Waals surface area contributed by atoms with Crippen LogP contribution in [0, 0.1) is 0 Å². The number of aliphatic hydroxyl groups is 2. The van der Waals surface area contributed by atoms with Crippen LogP contribution in [-0.2, 0) is 9.53 Å². The first-order valence-corrected chi connectivity index (χ1v) is 7.79. The lowest BCUT2D eigenvalue weighted by Crippen LogP contribution is -2.32. The second-order valence-electron chi connectivity index (χ2n) is 5.84. The molecule has 1 unspecified atom stereocenters. The van der Waals surface area contributed by atoms with Crippen molar-refractivity contribution in [3.05, 3.63) is 41.5 Å². The van der Waals surface area contributed by atoms with Crippen LogP contribution in [0.15, 0.2) is 30.4 Å². The predicted molar refractivity (Wildman–Crippen MR) is 89.1 cm³/mol. The molecule has 1 aliphatic heterocycles. The number of ketones is 1. The largest absolute Gasteiger partial charge is 0.508 e. The quantitative estimate of drug-likeness (QED) is 0.521. The number of aliphatic hydroxyl groups excluding tert-OH is 2. The molecule has 4 N–H and O–H groups in total. The van der Waals surface area contributed by atoms with Gasteiger partial charge in [-0.1, -0.05) is 18.2 Å². The number of ether oxygens (including phenoxy) is 1. The van der Waals surface area contributed by atoms with Crippen molar-refractivity contribution in [1.29, 1.82) is 0 Å². The lowest BCUT2D eigenvalue weighted by Gasteiger charge is -2.16. The number of aromatic hydroxyl groups is 2. The lowest BCUT2D eigenvalue weighted by atomic mass is 10.0. The molecule has 1 aromatic rings. The van der Waals surface area contributed by atoms with Crippen LogP contribution in [0.25, 0.3) is 6.08 Å². The number of carbonyl (C=O) groups excluding carboxylic acids is 2. The highest BCUT2D eigenvalue weighted by molar-refractivity contribution is 5.97. The smallest absolute Gasteiger partial charge is 0.342 e. The minimum absolute atomic E-state index is 0.0674. The average molecular weight is 348 g/mol. The molecule has 0 aromatic heterocycles. The number of fused-ring (bicyclic) bond motifs is 1. The third-order valence-corrected chi connectivity index (χ3v) is 3.73. The number of benzene rings is 1. The second kappa shape index (κ2) is 7.96. The van der Waals surface area contributed by atoms with E-state index in [1.54, 1.807) is 6.92 Å². The van der Waals surface area contributed by atoms with Crippen molar-refractivity contribution in [3.8, 4) is 11.5 Å². The number of phenolic OH excluding ortho intramolecular Hbond substituents is 2. The van der Waals surface area contributed by atoms with Gasteiger partial charge in [-0.2, -0.15) is 0 Å². The number of hydrogen-bond donors (Lipinski definition) is 4. The van der Waals surface area contributed by atoms with E-state index in [1.165, 1.54) is 24.3 Å². The van der Waals surface area contributed by atoms with Crippen LogP contribution >= 0.6 is 0 Å². The fourth-order valence-corrected chi connectivity index (χ4v) is 2.40. The topological polar surface area (TPSA) is 124 Å². The van der Waals surface area contributed by atoms with Crippen molar-refractivity contribution in [2.24, 2.45) is 0 Å². The second-order valence-corrected chi connectivity index (χ2v) is 5.84. The van der Waals surface area contributed by atoms with E-state index in [9.17, 15) is 30.0 Å². The van der Waals surface area contributed by atoms with Gasteiger partial charge in [0, 0.05) is 12.5 Å². The molecule has 7 heteroatoms. The zero-order chi connectivity index (χ0) is 18.6. The average Bonchev–Trinajstić information content (AvgIpc) is 2.52. The standard InChI is InChI=1S/C18H20O7/c1-10-4-2-6-13(20)17(23)14(21)7-3-5-11-8-12(19)9-15(22)16(11)18(24)25-10/h2-3,5-6,8-10,14,17,19,21-23H,4,7H2,1H3/b5-3+,6-2-/t10?,14-,17+/m1/s1. The first-order valence-electron chi connectivity index (χ1n) is 7.79. The van der Waals surface area contributed by atoms with Crippen molar-refractivity contribution in [3.63, 3.8) is 0 Å². The van der Waals surface area contributed by atoms with Gasteiger partial charge in [0.1, 0.15) is 29.3 Å². The van der Waals surface area contributed by atoms with Gasteiger partial charge in [-0.15, -0.1) is 0 Å². The van der Waals surface area contributed by atoms with Crippen LogP contribution < -0.4 is 0 Å². The summed E-state index contributed by atoms with van der Waals surface area (Å²) >= 11 is 0. The highest BCUT2D eigenvalue weighted by atomic mass is 16.5. The van der Waals surface area contributed by atoms with Crippen LogP contribution in [0.2, 0.25) is 0 Å². The maximum atomic E-state index is 12.3. The van der Waals surface area contributed by atoms with Gasteiger partial charge < -0.3 is 25.2 Å². The molecule has 0 spiro atoms. The molecule has 0 saturated carbocycles. The molecule has 0 amide bonds. The maximum Gasteiger partial charge on any atom is 0.342 e. The summed E-state index contributed by atoms with van der Waals surface area (Å²) in [5.74, 6) is -2.11. The summed E-state index contributed by atoms with van der Waals surface area (Å²) in [5.41, 5.74) is 0.0726. The van der Waals surface area contributed by atoms with Crippen molar-refractivity contribution in [2.75, 3.05) is 0 Å². The fourth-order valence-electron chi connectivity index (χ4n) is 2.40. The highest BCUT2D eigenvalue weighted by Gasteiger charge is 2.23. The van der Waals surface area contributed by atoms with Crippen molar-refractivity contribution >= 4 is 17.8 Å². The van der Waals surface area contributed by atoms with Crippen LogP contribution in [0.4, 0.5) is 0 Å². The number of cyclic esters (lactones) is 1. The Balaban J connectivity index is 2.43. The third-order valence-electron chi connectivity index (χ3n) is 3.73. The zero-order valence-electron chi connectivity index (χ0n) is 13.6. The highest BCUT2D eigenvalue weighted by Crippen LogP contribution is 2.29. The molecule has 1 heterocycles. The Kier molecular flexibility index (Phi) is 5.95. The van der Waals surface area contributed by atoms with Gasteiger partial charge in [-0.05, 0) is 31.1 Å². The summed E-state index contributed by atoms with van der Waals surface area (Å²) in [5, 5.41) is 39.3. The zero-order valence-corrected chi connectivity index (χ0v) is 13.6. The Morgan fingerprint density at radius 3 is 2.44 bits per heavy atom. The Labute approximate surface area is 144 Å². The molecule has 0 aliphatic carbocycles. The molecule has 0 fully saturated rings. The van der Waals surface area contributed by atoms with E-state index in [4.69, 9.17) is 4.74 Å². The molecule has 0 radical (unpaired) electrons. The van der Waals surface area contributed by atoms with Gasteiger partial charge in [-0.25, -0.2) is 4.79 Å². The van der Waals surface area contributed by atoms with E-state index >= 15 is 0 Å². The molecule has 3 atom stereocenters. The van der Waals surface area contributed by atoms with E-state index in [-0.39, 0.29) is 29.7 Å². The van der Waals surface area contributed by atoms with Crippen LogP contribution in [0.1, 0.15) is 35.7 Å². The number of hydrogen-bond acceptors (Lipinski definition) is 7. The number of rotatable bonds is 0. The van der Waals surface area contributed by atoms with Gasteiger partial charge in [0.05, 0.1) is 6.10 Å². The van der Waals surface area contributed by atoms with Gasteiger partial charge in [0.15, 0.2) is 5.78 Å². The summed E-state index contributed by atoms with van der Waals surface area (Å²) in [6, 6.07) is 2.29. The summed E-state index contributed by atoms with van der Waals surface area (Å²) < 4.78 is 5.24. The summed E-state index contributed by atoms with van der Waals surface area (Å²) in [4.78, 5) is 24.1. The molecule has 7 nitrogen and oxygen atoms in total. The van der Waals surface area contributed by atoms with Gasteiger partial charge >= 0.3 is 5.97 Å². The van der Waals surface area contributed by atoms with Crippen LogP contribution in [0.5, 0.6) is 11.5 Å². The molecular weight excluding hydrogens is 328 g/mol. The minimum atomic E-state index is -1.57. The van der Waals surface area contributed by atoms with Gasteiger partial charge in [-0.3, -0.25) is 4.79 Å². The molecule has 0 bridgehead atoms.